The Bertz CT molecular complexity index is 1190. The van der Waals surface area contributed by atoms with Crippen molar-refractivity contribution in [3.05, 3.63) is 99.4 Å². The minimum Gasteiger partial charge on any atom is -0.348 e. The first kappa shape index (κ1) is 18.9. The summed E-state index contributed by atoms with van der Waals surface area (Å²) in [4.78, 5) is 53.1. The molecule has 0 saturated carbocycles. The van der Waals surface area contributed by atoms with E-state index in [0.717, 1.165) is 16.5 Å². The van der Waals surface area contributed by atoms with Crippen molar-refractivity contribution in [2.75, 3.05) is 4.90 Å². The molecule has 1 N–H and O–H groups in total. The lowest BCUT2D eigenvalue weighted by Crippen LogP contribution is -2.30. The maximum atomic E-state index is 12.8. The Labute approximate surface area is 170 Å². The van der Waals surface area contributed by atoms with Crippen molar-refractivity contribution >= 4 is 29.1 Å². The fourth-order valence-corrected chi connectivity index (χ4v) is 3.15. The molecule has 4 rings (SSSR count). The molecule has 0 radical (unpaired) electrons. The summed E-state index contributed by atoms with van der Waals surface area (Å²) in [6.45, 7) is 0.294. The zero-order valence-corrected chi connectivity index (χ0v) is 15.4. The van der Waals surface area contributed by atoms with Gasteiger partial charge in [-0.1, -0.05) is 6.07 Å². The van der Waals surface area contributed by atoms with Gasteiger partial charge in [0.25, 0.3) is 23.4 Å². The average Bonchev–Trinajstić information content (AvgIpc) is 3.02. The molecule has 1 aliphatic heterocycles. The molecule has 1 aromatic heterocycles. The molecular formula is C21H14N4O5. The summed E-state index contributed by atoms with van der Waals surface area (Å²) in [5.74, 6) is -1.65. The summed E-state index contributed by atoms with van der Waals surface area (Å²) in [6.07, 6.45) is 3.24. The van der Waals surface area contributed by atoms with Crippen LogP contribution < -0.4 is 10.2 Å². The fraction of sp³-hybridized carbons (Fsp3) is 0.0476. The highest BCUT2D eigenvalue weighted by molar-refractivity contribution is 6.34. The van der Waals surface area contributed by atoms with Crippen molar-refractivity contribution < 1.29 is 19.3 Å². The standard InChI is InChI=1S/C21H14N4O5/c26-19(23-12-13-6-8-22-9-7-13)14-2-1-3-15(10-14)24-20(27)17-5-4-16(25(29)30)11-18(17)21(24)28/h1-11H,12H2,(H,23,26). The van der Waals surface area contributed by atoms with E-state index in [2.05, 4.69) is 10.3 Å². The Morgan fingerprint density at radius 1 is 1.00 bits per heavy atom. The van der Waals surface area contributed by atoms with E-state index in [-0.39, 0.29) is 34.0 Å². The number of non-ortho nitro benzene ring substituents is 1. The summed E-state index contributed by atoms with van der Waals surface area (Å²) in [5.41, 5.74) is 1.11. The maximum absolute atomic E-state index is 12.8. The molecule has 30 heavy (non-hydrogen) atoms. The van der Waals surface area contributed by atoms with Crippen LogP contribution in [0.5, 0.6) is 0 Å². The molecule has 3 aromatic rings. The number of benzene rings is 2. The third-order valence-electron chi connectivity index (χ3n) is 4.65. The Hall–Kier alpha value is -4.40. The molecule has 9 heteroatoms. The summed E-state index contributed by atoms with van der Waals surface area (Å²) in [5, 5.41) is 13.7. The highest BCUT2D eigenvalue weighted by Crippen LogP contribution is 2.31. The van der Waals surface area contributed by atoms with Crippen LogP contribution in [-0.2, 0) is 6.54 Å². The van der Waals surface area contributed by atoms with Gasteiger partial charge in [0.15, 0.2) is 0 Å². The highest BCUT2D eigenvalue weighted by atomic mass is 16.6. The number of hydrogen-bond acceptors (Lipinski definition) is 6. The fourth-order valence-electron chi connectivity index (χ4n) is 3.15. The molecule has 3 amide bonds. The molecule has 2 aromatic carbocycles. The Balaban J connectivity index is 1.57. The Morgan fingerprint density at radius 2 is 1.73 bits per heavy atom. The highest BCUT2D eigenvalue weighted by Gasteiger charge is 2.38. The van der Waals surface area contributed by atoms with E-state index < -0.39 is 16.7 Å². The van der Waals surface area contributed by atoms with Crippen LogP contribution in [0.15, 0.2) is 67.0 Å². The van der Waals surface area contributed by atoms with E-state index in [9.17, 15) is 24.5 Å². The van der Waals surface area contributed by atoms with E-state index in [1.807, 2.05) is 0 Å². The number of nitro groups is 1. The number of carbonyl (C=O) groups excluding carboxylic acids is 3. The minimum absolute atomic E-state index is 0.0401. The van der Waals surface area contributed by atoms with Crippen LogP contribution in [0.1, 0.15) is 36.6 Å². The predicted octanol–water partition coefficient (Wildman–Crippen LogP) is 2.72. The lowest BCUT2D eigenvalue weighted by molar-refractivity contribution is -0.384. The van der Waals surface area contributed by atoms with E-state index in [1.165, 1.54) is 24.3 Å². The van der Waals surface area contributed by atoms with Crippen LogP contribution in [0.4, 0.5) is 11.4 Å². The predicted molar refractivity (Wildman–Crippen MR) is 106 cm³/mol. The number of amides is 3. The van der Waals surface area contributed by atoms with Gasteiger partial charge in [0.05, 0.1) is 21.7 Å². The number of fused-ring (bicyclic) bond motifs is 1. The first-order valence-electron chi connectivity index (χ1n) is 8.90. The van der Waals surface area contributed by atoms with Gasteiger partial charge >= 0.3 is 0 Å². The SMILES string of the molecule is O=C(NCc1ccncc1)c1cccc(N2C(=O)c3ccc([N+](=O)[O-])cc3C2=O)c1. The quantitative estimate of drug-likeness (QED) is 0.398. The normalized spacial score (nSPS) is 12.6. The molecule has 1 aliphatic rings. The second-order valence-corrected chi connectivity index (χ2v) is 6.52. The number of hydrogen-bond donors (Lipinski definition) is 1. The van der Waals surface area contributed by atoms with Crippen molar-refractivity contribution in [2.45, 2.75) is 6.54 Å². The summed E-state index contributed by atoms with van der Waals surface area (Å²) < 4.78 is 0. The number of anilines is 1. The van der Waals surface area contributed by atoms with E-state index in [0.29, 0.717) is 6.54 Å². The van der Waals surface area contributed by atoms with Gasteiger partial charge < -0.3 is 5.32 Å². The third kappa shape index (κ3) is 3.39. The molecule has 148 valence electrons. The average molecular weight is 402 g/mol. The molecule has 0 saturated heterocycles. The van der Waals surface area contributed by atoms with Gasteiger partial charge in [0.1, 0.15) is 0 Å². The lowest BCUT2D eigenvalue weighted by Gasteiger charge is -2.15. The van der Waals surface area contributed by atoms with Gasteiger partial charge in [0, 0.05) is 36.6 Å². The second-order valence-electron chi connectivity index (χ2n) is 6.52. The van der Waals surface area contributed by atoms with Crippen LogP contribution in [0, 0.1) is 10.1 Å². The van der Waals surface area contributed by atoms with Gasteiger partial charge in [-0.25, -0.2) is 4.90 Å². The number of nitro benzene ring substituents is 1. The largest absolute Gasteiger partial charge is 0.348 e. The first-order chi connectivity index (χ1) is 14.5. The van der Waals surface area contributed by atoms with Crippen molar-refractivity contribution in [1.29, 1.82) is 0 Å². The van der Waals surface area contributed by atoms with Gasteiger partial charge in [-0.05, 0) is 42.0 Å². The van der Waals surface area contributed by atoms with Gasteiger partial charge in [0.2, 0.25) is 0 Å². The summed E-state index contributed by atoms with van der Waals surface area (Å²) in [7, 11) is 0. The van der Waals surface area contributed by atoms with E-state index >= 15 is 0 Å². The van der Waals surface area contributed by atoms with E-state index in [4.69, 9.17) is 0 Å². The number of nitrogens with zero attached hydrogens (tertiary/aromatic N) is 3. The number of aromatic nitrogens is 1. The number of carbonyl (C=O) groups is 3. The second kappa shape index (κ2) is 7.55. The van der Waals surface area contributed by atoms with Crippen LogP contribution in [0.25, 0.3) is 0 Å². The summed E-state index contributed by atoms with van der Waals surface area (Å²) in [6, 6.07) is 13.1. The smallest absolute Gasteiger partial charge is 0.270 e. The van der Waals surface area contributed by atoms with E-state index in [1.54, 1.807) is 36.7 Å². The maximum Gasteiger partial charge on any atom is 0.270 e. The molecule has 0 atom stereocenters. The van der Waals surface area contributed by atoms with Gasteiger partial charge in [-0.15, -0.1) is 0 Å². The Kier molecular flexibility index (Phi) is 4.77. The zero-order chi connectivity index (χ0) is 21.3. The monoisotopic (exact) mass is 402 g/mol. The van der Waals surface area contributed by atoms with Crippen molar-refractivity contribution in [1.82, 2.24) is 10.3 Å². The van der Waals surface area contributed by atoms with Crippen molar-refractivity contribution in [3.63, 3.8) is 0 Å². The minimum atomic E-state index is -0.673. The molecule has 0 bridgehead atoms. The number of pyridine rings is 1. The number of nitrogens with one attached hydrogen (secondary N) is 1. The number of imide groups is 1. The number of rotatable bonds is 5. The molecular weight excluding hydrogens is 388 g/mol. The lowest BCUT2D eigenvalue weighted by atomic mass is 10.1. The van der Waals surface area contributed by atoms with Gasteiger partial charge in [-0.3, -0.25) is 29.5 Å². The van der Waals surface area contributed by atoms with Crippen LogP contribution in [0.3, 0.4) is 0 Å². The van der Waals surface area contributed by atoms with Crippen LogP contribution >= 0.6 is 0 Å². The first-order valence-corrected chi connectivity index (χ1v) is 8.90. The zero-order valence-electron chi connectivity index (χ0n) is 15.4. The molecule has 0 unspecified atom stereocenters. The molecule has 0 fully saturated rings. The van der Waals surface area contributed by atoms with Crippen LogP contribution in [-0.4, -0.2) is 27.6 Å². The summed E-state index contributed by atoms with van der Waals surface area (Å²) >= 11 is 0. The molecule has 0 spiro atoms. The molecule has 9 nitrogen and oxygen atoms in total. The van der Waals surface area contributed by atoms with Crippen LogP contribution in [0.2, 0.25) is 0 Å². The third-order valence-corrected chi connectivity index (χ3v) is 4.65. The van der Waals surface area contributed by atoms with Crippen molar-refractivity contribution in [2.24, 2.45) is 0 Å². The van der Waals surface area contributed by atoms with Gasteiger partial charge in [-0.2, -0.15) is 0 Å². The topological polar surface area (TPSA) is 123 Å². The Morgan fingerprint density at radius 3 is 2.47 bits per heavy atom. The molecule has 2 heterocycles. The molecule has 0 aliphatic carbocycles. The van der Waals surface area contributed by atoms with Crippen molar-refractivity contribution in [3.8, 4) is 0 Å².